The van der Waals surface area contributed by atoms with Crippen molar-refractivity contribution >= 4 is 39.9 Å². The summed E-state index contributed by atoms with van der Waals surface area (Å²) in [6, 6.07) is 19.4. The molecule has 3 heterocycles. The highest BCUT2D eigenvalue weighted by Crippen LogP contribution is 2.44. The summed E-state index contributed by atoms with van der Waals surface area (Å²) in [5.74, 6) is 0.439. The van der Waals surface area contributed by atoms with Crippen molar-refractivity contribution in [3.8, 4) is 5.75 Å². The summed E-state index contributed by atoms with van der Waals surface area (Å²) in [6.07, 6.45) is 0.884. The molecule has 0 bridgehead atoms. The van der Waals surface area contributed by atoms with Crippen LogP contribution < -0.4 is 9.64 Å². The first kappa shape index (κ1) is 27.7. The Balaban J connectivity index is 1.49. The molecule has 1 amide bonds. The summed E-state index contributed by atoms with van der Waals surface area (Å²) < 4.78 is 12.2. The number of aliphatic hydroxyl groups is 1. The Kier molecular flexibility index (Phi) is 8.37. The molecule has 0 radical (unpaired) electrons. The smallest absolute Gasteiger partial charge is 0.296 e. The predicted octanol–water partition coefficient (Wildman–Crippen LogP) is 6.94. The number of ketones is 1. The van der Waals surface area contributed by atoms with Gasteiger partial charge in [0.1, 0.15) is 11.5 Å². The Labute approximate surface area is 240 Å². The zero-order valence-electron chi connectivity index (χ0n) is 22.4. The molecule has 1 aliphatic rings. The standard InChI is InChI=1S/C30H29N3O5S2/c1-18(2)14-15-37-22-11-7-10-21(16-22)25-24(26(34)23-13-12-19(3)38-23)27(35)28(36)33(25)29-31-32-30(40-29)39-17-20-8-5-4-6-9-20/h4-13,16,18,25,35H,14-15,17H2,1-3H3. The SMILES string of the molecule is Cc1ccc(C(=O)C2=C(O)C(=O)N(c3nnc(SCc4ccccc4)s3)C2c2cccc(OCCC(C)C)c2)o1. The van der Waals surface area contributed by atoms with E-state index in [1.54, 1.807) is 31.2 Å². The van der Waals surface area contributed by atoms with Gasteiger partial charge in [-0.15, -0.1) is 10.2 Å². The summed E-state index contributed by atoms with van der Waals surface area (Å²) in [5.41, 5.74) is 1.65. The lowest BCUT2D eigenvalue weighted by molar-refractivity contribution is -0.117. The van der Waals surface area contributed by atoms with E-state index in [9.17, 15) is 14.7 Å². The molecule has 1 atom stereocenters. The van der Waals surface area contributed by atoms with Crippen molar-refractivity contribution in [1.82, 2.24) is 10.2 Å². The molecule has 0 saturated heterocycles. The summed E-state index contributed by atoms with van der Waals surface area (Å²) in [6.45, 7) is 6.50. The van der Waals surface area contributed by atoms with Crippen molar-refractivity contribution in [2.45, 2.75) is 43.3 Å². The van der Waals surface area contributed by atoms with Crippen LogP contribution in [0.5, 0.6) is 5.75 Å². The zero-order valence-corrected chi connectivity index (χ0v) is 24.0. The quantitative estimate of drug-likeness (QED) is 0.116. The molecule has 0 spiro atoms. The number of rotatable bonds is 11. The Morgan fingerprint density at radius 3 is 2.65 bits per heavy atom. The van der Waals surface area contributed by atoms with E-state index in [0.29, 0.717) is 39.7 Å². The van der Waals surface area contributed by atoms with Gasteiger partial charge in [-0.1, -0.05) is 79.4 Å². The molecule has 1 aliphatic heterocycles. The largest absolute Gasteiger partial charge is 0.503 e. The number of ether oxygens (including phenoxy) is 1. The van der Waals surface area contributed by atoms with Crippen LogP contribution in [0.25, 0.3) is 0 Å². The van der Waals surface area contributed by atoms with Gasteiger partial charge in [0.2, 0.25) is 10.9 Å². The topological polar surface area (TPSA) is 106 Å². The first-order valence-corrected chi connectivity index (χ1v) is 14.7. The minimum Gasteiger partial charge on any atom is -0.503 e. The van der Waals surface area contributed by atoms with Gasteiger partial charge in [0.05, 0.1) is 18.2 Å². The number of Topliss-reactive ketones (excluding diaryl/α,β-unsaturated/α-hetero) is 1. The fourth-order valence-corrected chi connectivity index (χ4v) is 6.13. The molecule has 40 heavy (non-hydrogen) atoms. The number of hydrogen-bond acceptors (Lipinski definition) is 9. The van der Waals surface area contributed by atoms with Crippen molar-refractivity contribution in [3.05, 3.63) is 101 Å². The van der Waals surface area contributed by atoms with Crippen LogP contribution in [0.3, 0.4) is 0 Å². The number of amides is 1. The maximum absolute atomic E-state index is 13.6. The molecule has 10 heteroatoms. The zero-order chi connectivity index (χ0) is 28.2. The minimum atomic E-state index is -0.945. The van der Waals surface area contributed by atoms with E-state index >= 15 is 0 Å². The van der Waals surface area contributed by atoms with Gasteiger partial charge >= 0.3 is 0 Å². The minimum absolute atomic E-state index is 0.0411. The van der Waals surface area contributed by atoms with Gasteiger partial charge in [0.15, 0.2) is 15.9 Å². The number of aliphatic hydroxyl groups excluding tert-OH is 1. The molecule has 5 rings (SSSR count). The Bertz CT molecular complexity index is 1540. The summed E-state index contributed by atoms with van der Waals surface area (Å²) in [5, 5.41) is 19.9. The van der Waals surface area contributed by atoms with Crippen LogP contribution in [0.4, 0.5) is 5.13 Å². The molecule has 206 valence electrons. The average molecular weight is 576 g/mol. The lowest BCUT2D eigenvalue weighted by Gasteiger charge is -2.24. The molecule has 0 fully saturated rings. The fourth-order valence-electron chi connectivity index (χ4n) is 4.30. The van der Waals surface area contributed by atoms with Gasteiger partial charge < -0.3 is 14.3 Å². The second kappa shape index (κ2) is 12.1. The second-order valence-corrected chi connectivity index (χ2v) is 12.0. The number of thioether (sulfide) groups is 1. The third kappa shape index (κ3) is 5.97. The first-order valence-electron chi connectivity index (χ1n) is 12.9. The van der Waals surface area contributed by atoms with Crippen LogP contribution in [0.1, 0.15) is 53.8 Å². The highest BCUT2D eigenvalue weighted by Gasteiger charge is 2.46. The Morgan fingerprint density at radius 1 is 1.12 bits per heavy atom. The van der Waals surface area contributed by atoms with E-state index in [2.05, 4.69) is 24.0 Å². The number of benzene rings is 2. The van der Waals surface area contributed by atoms with Crippen molar-refractivity contribution in [2.24, 2.45) is 5.92 Å². The molecule has 2 aromatic heterocycles. The third-order valence-electron chi connectivity index (χ3n) is 6.36. The van der Waals surface area contributed by atoms with Crippen LogP contribution in [-0.4, -0.2) is 33.6 Å². The molecular weight excluding hydrogens is 546 g/mol. The highest BCUT2D eigenvalue weighted by molar-refractivity contribution is 8.00. The normalized spacial score (nSPS) is 15.3. The van der Waals surface area contributed by atoms with Crippen molar-refractivity contribution < 1.29 is 23.8 Å². The van der Waals surface area contributed by atoms with Gasteiger partial charge in [-0.3, -0.25) is 14.5 Å². The molecule has 0 aliphatic carbocycles. The van der Waals surface area contributed by atoms with Crippen LogP contribution in [0.2, 0.25) is 0 Å². The van der Waals surface area contributed by atoms with Crippen LogP contribution in [0.15, 0.2) is 86.8 Å². The molecular formula is C30H29N3O5S2. The summed E-state index contributed by atoms with van der Waals surface area (Å²) >= 11 is 2.73. The van der Waals surface area contributed by atoms with E-state index in [1.807, 2.05) is 36.4 Å². The Morgan fingerprint density at radius 2 is 1.93 bits per heavy atom. The van der Waals surface area contributed by atoms with E-state index in [-0.39, 0.29) is 16.5 Å². The number of carbonyl (C=O) groups is 2. The van der Waals surface area contributed by atoms with Crippen molar-refractivity contribution in [1.29, 1.82) is 0 Å². The fraction of sp³-hybridized carbons (Fsp3) is 0.267. The monoisotopic (exact) mass is 575 g/mol. The number of nitrogens with zero attached hydrogens (tertiary/aromatic N) is 3. The maximum atomic E-state index is 13.6. The number of hydrogen-bond donors (Lipinski definition) is 1. The van der Waals surface area contributed by atoms with Crippen LogP contribution in [-0.2, 0) is 10.5 Å². The number of aryl methyl sites for hydroxylation is 1. The van der Waals surface area contributed by atoms with Gasteiger partial charge in [0, 0.05) is 5.75 Å². The highest BCUT2D eigenvalue weighted by atomic mass is 32.2. The number of anilines is 1. The number of aromatic nitrogens is 2. The van der Waals surface area contributed by atoms with Crippen LogP contribution in [0, 0.1) is 12.8 Å². The van der Waals surface area contributed by atoms with E-state index in [4.69, 9.17) is 9.15 Å². The lowest BCUT2D eigenvalue weighted by atomic mass is 9.95. The molecule has 2 aromatic carbocycles. The molecule has 1 unspecified atom stereocenters. The van der Waals surface area contributed by atoms with Crippen molar-refractivity contribution in [2.75, 3.05) is 11.5 Å². The van der Waals surface area contributed by atoms with Gasteiger partial charge in [0.25, 0.3) is 5.91 Å². The van der Waals surface area contributed by atoms with Gasteiger partial charge in [-0.25, -0.2) is 0 Å². The predicted molar refractivity (Wildman–Crippen MR) is 155 cm³/mol. The van der Waals surface area contributed by atoms with E-state index in [0.717, 1.165) is 12.0 Å². The number of carbonyl (C=O) groups excluding carboxylic acids is 2. The third-order valence-corrected chi connectivity index (χ3v) is 8.49. The van der Waals surface area contributed by atoms with E-state index in [1.165, 1.54) is 34.1 Å². The summed E-state index contributed by atoms with van der Waals surface area (Å²) in [4.78, 5) is 28.4. The van der Waals surface area contributed by atoms with Crippen LogP contribution >= 0.6 is 23.1 Å². The maximum Gasteiger partial charge on any atom is 0.296 e. The van der Waals surface area contributed by atoms with Gasteiger partial charge in [-0.2, -0.15) is 0 Å². The lowest BCUT2D eigenvalue weighted by Crippen LogP contribution is -2.31. The van der Waals surface area contributed by atoms with Gasteiger partial charge in [-0.05, 0) is 54.7 Å². The molecule has 4 aromatic rings. The van der Waals surface area contributed by atoms with E-state index < -0.39 is 23.5 Å². The van der Waals surface area contributed by atoms with Crippen molar-refractivity contribution in [3.63, 3.8) is 0 Å². The average Bonchev–Trinajstić information content (AvgIpc) is 3.66. The molecule has 0 saturated carbocycles. The summed E-state index contributed by atoms with van der Waals surface area (Å²) in [7, 11) is 0. The Hall–Kier alpha value is -3.89. The molecule has 8 nitrogen and oxygen atoms in total. The first-order chi connectivity index (χ1) is 19.3. The molecule has 1 N–H and O–H groups in total. The number of furan rings is 1. The second-order valence-electron chi connectivity index (χ2n) is 9.81.